The van der Waals surface area contributed by atoms with Crippen LogP contribution in [0.15, 0.2) is 42.6 Å². The van der Waals surface area contributed by atoms with E-state index < -0.39 is 11.4 Å². The van der Waals surface area contributed by atoms with Crippen molar-refractivity contribution in [3.8, 4) is 17.1 Å². The fourth-order valence-electron chi connectivity index (χ4n) is 6.15. The monoisotopic (exact) mass is 609 g/mol. The number of likely N-dealkylation sites (N-methyl/N-ethyl adjacent to an activating group) is 1. The number of halogens is 2. The summed E-state index contributed by atoms with van der Waals surface area (Å²) >= 11 is 6.12. The van der Waals surface area contributed by atoms with Gasteiger partial charge in [0.1, 0.15) is 17.3 Å². The van der Waals surface area contributed by atoms with Gasteiger partial charge in [-0.05, 0) is 75.9 Å². The van der Waals surface area contributed by atoms with E-state index in [0.29, 0.717) is 47.7 Å². The normalized spacial score (nSPS) is 25.8. The Balaban J connectivity index is 1.14. The second kappa shape index (κ2) is 12.3. The Morgan fingerprint density at radius 2 is 1.91 bits per heavy atom. The number of anilines is 3. The number of rotatable bonds is 9. The number of aliphatic hydroxyl groups is 1. The van der Waals surface area contributed by atoms with Crippen molar-refractivity contribution in [2.75, 3.05) is 50.5 Å². The molecule has 3 aliphatic rings. The molecule has 0 spiro atoms. The Hall–Kier alpha value is -3.38. The highest BCUT2D eigenvalue weighted by Gasteiger charge is 2.39. The zero-order chi connectivity index (χ0) is 30.1. The van der Waals surface area contributed by atoms with Crippen LogP contribution in [0.3, 0.4) is 0 Å². The van der Waals surface area contributed by atoms with E-state index in [1.165, 1.54) is 18.2 Å². The van der Waals surface area contributed by atoms with E-state index in [-0.39, 0.29) is 34.9 Å². The van der Waals surface area contributed by atoms with Crippen molar-refractivity contribution in [2.45, 2.75) is 44.2 Å². The standard InChI is InChI=1S/C31H37ClFN7O3/c1-31(42)16-19(17-31)18-43-30-27(15-26(37-38-30)24-13-21(32)3-4-25(24)33)35-22-5-6-34-28(14-22)36-29(41)20-11-23(12-20)40-9-7-39(2)8-10-40/h3-6,13-15,19-20,23,42H,7-12,16-18H2,1-2H3,(H2,34,35,36,37,41). The van der Waals surface area contributed by atoms with Crippen LogP contribution in [0.1, 0.15) is 32.6 Å². The van der Waals surface area contributed by atoms with Gasteiger partial charge in [0.25, 0.3) is 5.88 Å². The molecule has 228 valence electrons. The summed E-state index contributed by atoms with van der Waals surface area (Å²) in [6.07, 6.45) is 4.60. The van der Waals surface area contributed by atoms with E-state index in [2.05, 4.69) is 42.7 Å². The number of carbonyl (C=O) groups excluding carboxylic acids is 1. The third kappa shape index (κ3) is 7.06. The molecular formula is C31H37ClFN7O3. The molecule has 1 amide bonds. The summed E-state index contributed by atoms with van der Waals surface area (Å²) in [5.74, 6) is 0.328. The van der Waals surface area contributed by atoms with Gasteiger partial charge >= 0.3 is 0 Å². The molecule has 0 bridgehead atoms. The Kier molecular flexibility index (Phi) is 8.50. The maximum atomic E-state index is 14.7. The minimum atomic E-state index is -0.669. The first-order valence-corrected chi connectivity index (χ1v) is 15.1. The minimum absolute atomic E-state index is 0.0280. The Morgan fingerprint density at radius 1 is 1.14 bits per heavy atom. The molecule has 43 heavy (non-hydrogen) atoms. The number of benzene rings is 1. The second-order valence-corrected chi connectivity index (χ2v) is 12.8. The zero-order valence-corrected chi connectivity index (χ0v) is 25.1. The number of amides is 1. The van der Waals surface area contributed by atoms with Crippen molar-refractivity contribution in [1.29, 1.82) is 0 Å². The highest BCUT2D eigenvalue weighted by molar-refractivity contribution is 6.30. The largest absolute Gasteiger partial charge is 0.475 e. The lowest BCUT2D eigenvalue weighted by molar-refractivity contribution is -0.124. The second-order valence-electron chi connectivity index (χ2n) is 12.4. The van der Waals surface area contributed by atoms with Crippen molar-refractivity contribution < 1.29 is 19.0 Å². The summed E-state index contributed by atoms with van der Waals surface area (Å²) in [7, 11) is 2.14. The van der Waals surface area contributed by atoms with Crippen molar-refractivity contribution in [3.05, 3.63) is 53.4 Å². The Labute approximate surface area is 255 Å². The van der Waals surface area contributed by atoms with Crippen LogP contribution in [0, 0.1) is 17.7 Å². The van der Waals surface area contributed by atoms with E-state index in [9.17, 15) is 14.3 Å². The average molecular weight is 610 g/mol. The van der Waals surface area contributed by atoms with Crippen LogP contribution in [-0.4, -0.2) is 87.5 Å². The molecule has 1 saturated heterocycles. The molecule has 0 atom stereocenters. The maximum absolute atomic E-state index is 14.7. The fraction of sp³-hybridized carbons (Fsp3) is 0.484. The van der Waals surface area contributed by atoms with Crippen molar-refractivity contribution >= 4 is 34.7 Å². The predicted octanol–water partition coefficient (Wildman–Crippen LogP) is 4.58. The average Bonchev–Trinajstić information content (AvgIpc) is 2.93. The quantitative estimate of drug-likeness (QED) is 0.321. The van der Waals surface area contributed by atoms with Gasteiger partial charge in [-0.1, -0.05) is 11.6 Å². The van der Waals surface area contributed by atoms with Gasteiger partial charge in [-0.3, -0.25) is 9.69 Å². The molecule has 0 unspecified atom stereocenters. The number of piperazine rings is 1. The molecule has 3 N–H and O–H groups in total. The smallest absolute Gasteiger partial charge is 0.257 e. The van der Waals surface area contributed by atoms with Crippen LogP contribution in [0.5, 0.6) is 5.88 Å². The SMILES string of the molecule is CN1CCN(C2CC(C(=O)Nc3cc(Nc4cc(-c5cc(Cl)ccc5F)nnc4OCC4CC(C)(O)C4)ccn3)C2)CC1. The molecule has 12 heteroatoms. The van der Waals surface area contributed by atoms with Gasteiger partial charge in [0.15, 0.2) is 0 Å². The van der Waals surface area contributed by atoms with Crippen LogP contribution in [-0.2, 0) is 4.79 Å². The topological polar surface area (TPSA) is 116 Å². The number of pyridine rings is 1. The van der Waals surface area contributed by atoms with E-state index in [0.717, 1.165) is 39.0 Å². The molecule has 2 saturated carbocycles. The molecule has 3 aromatic rings. The van der Waals surface area contributed by atoms with Gasteiger partial charge in [0, 0.05) is 66.7 Å². The third-order valence-corrected chi connectivity index (χ3v) is 8.94. The number of aromatic nitrogens is 3. The highest BCUT2D eigenvalue weighted by Crippen LogP contribution is 2.39. The summed E-state index contributed by atoms with van der Waals surface area (Å²) in [4.78, 5) is 22.2. The summed E-state index contributed by atoms with van der Waals surface area (Å²) in [5.41, 5.74) is 0.924. The van der Waals surface area contributed by atoms with Crippen LogP contribution in [0.2, 0.25) is 5.02 Å². The van der Waals surface area contributed by atoms with Crippen LogP contribution in [0.4, 0.5) is 21.6 Å². The number of nitrogens with one attached hydrogen (secondary N) is 2. The maximum Gasteiger partial charge on any atom is 0.257 e. The first-order valence-electron chi connectivity index (χ1n) is 14.8. The van der Waals surface area contributed by atoms with E-state index >= 15 is 0 Å². The van der Waals surface area contributed by atoms with Gasteiger partial charge in [-0.25, -0.2) is 9.37 Å². The molecule has 0 radical (unpaired) electrons. The summed E-state index contributed by atoms with van der Waals surface area (Å²) in [6, 6.07) is 9.87. The number of carbonyl (C=O) groups is 1. The van der Waals surface area contributed by atoms with Gasteiger partial charge < -0.3 is 25.4 Å². The lowest BCUT2D eigenvalue weighted by Crippen LogP contribution is -2.54. The molecular weight excluding hydrogens is 573 g/mol. The summed E-state index contributed by atoms with van der Waals surface area (Å²) < 4.78 is 20.7. The molecule has 2 aromatic heterocycles. The molecule has 3 heterocycles. The molecule has 2 aliphatic carbocycles. The van der Waals surface area contributed by atoms with Crippen LogP contribution >= 0.6 is 11.6 Å². The van der Waals surface area contributed by atoms with Crippen LogP contribution < -0.4 is 15.4 Å². The van der Waals surface area contributed by atoms with Gasteiger partial charge in [0.05, 0.1) is 17.9 Å². The zero-order valence-electron chi connectivity index (χ0n) is 24.4. The fourth-order valence-corrected chi connectivity index (χ4v) is 6.32. The molecule has 6 rings (SSSR count). The minimum Gasteiger partial charge on any atom is -0.475 e. The summed E-state index contributed by atoms with van der Waals surface area (Å²) in [5, 5.41) is 25.2. The van der Waals surface area contributed by atoms with Crippen molar-refractivity contribution in [1.82, 2.24) is 25.0 Å². The van der Waals surface area contributed by atoms with E-state index in [4.69, 9.17) is 16.3 Å². The van der Waals surface area contributed by atoms with Gasteiger partial charge in [0.2, 0.25) is 5.91 Å². The first-order chi connectivity index (χ1) is 20.6. The molecule has 1 aliphatic heterocycles. The summed E-state index contributed by atoms with van der Waals surface area (Å²) in [6.45, 7) is 6.39. The first kappa shape index (κ1) is 29.7. The van der Waals surface area contributed by atoms with Crippen molar-refractivity contribution in [3.63, 3.8) is 0 Å². The number of ether oxygens (including phenoxy) is 1. The Bertz CT molecular complexity index is 1470. The van der Waals surface area contributed by atoms with Gasteiger partial charge in [-0.15, -0.1) is 10.2 Å². The number of hydrogen-bond acceptors (Lipinski definition) is 9. The highest BCUT2D eigenvalue weighted by atomic mass is 35.5. The lowest BCUT2D eigenvalue weighted by atomic mass is 9.73. The molecule has 3 fully saturated rings. The third-order valence-electron chi connectivity index (χ3n) is 8.71. The Morgan fingerprint density at radius 3 is 2.65 bits per heavy atom. The van der Waals surface area contributed by atoms with Crippen LogP contribution in [0.25, 0.3) is 11.3 Å². The lowest BCUT2D eigenvalue weighted by Gasteiger charge is -2.45. The predicted molar refractivity (Wildman–Crippen MR) is 163 cm³/mol. The van der Waals surface area contributed by atoms with E-state index in [1.54, 1.807) is 31.3 Å². The molecule has 10 nitrogen and oxygen atoms in total. The molecule has 1 aromatic carbocycles. The number of hydrogen-bond donors (Lipinski definition) is 3. The number of nitrogens with zero attached hydrogens (tertiary/aromatic N) is 5. The van der Waals surface area contributed by atoms with E-state index in [1.807, 2.05) is 0 Å². The van der Waals surface area contributed by atoms with Gasteiger partial charge in [-0.2, -0.15) is 0 Å². The van der Waals surface area contributed by atoms with Crippen molar-refractivity contribution in [2.24, 2.45) is 11.8 Å².